The third-order valence-electron chi connectivity index (χ3n) is 6.23. The fourth-order valence-corrected chi connectivity index (χ4v) is 4.61. The van der Waals surface area contributed by atoms with E-state index in [0.717, 1.165) is 44.4 Å². The predicted octanol–water partition coefficient (Wildman–Crippen LogP) is 5.13. The van der Waals surface area contributed by atoms with Gasteiger partial charge in [-0.1, -0.05) is 54.6 Å². The number of hydrogen-bond donors (Lipinski definition) is 0. The van der Waals surface area contributed by atoms with Crippen LogP contribution in [0.25, 0.3) is 22.6 Å². The lowest BCUT2D eigenvalue weighted by molar-refractivity contribution is -0.117. The molecule has 3 aromatic carbocycles. The Morgan fingerprint density at radius 2 is 1.62 bits per heavy atom. The van der Waals surface area contributed by atoms with Crippen LogP contribution in [0, 0.1) is 0 Å². The van der Waals surface area contributed by atoms with Gasteiger partial charge in [-0.3, -0.25) is 9.59 Å². The summed E-state index contributed by atoms with van der Waals surface area (Å²) in [7, 11) is 1.83. The van der Waals surface area contributed by atoms with E-state index in [1.54, 1.807) is 15.5 Å². The summed E-state index contributed by atoms with van der Waals surface area (Å²) in [6, 6.07) is 25.8. The summed E-state index contributed by atoms with van der Waals surface area (Å²) in [6.07, 6.45) is 2.52. The molecule has 5 rings (SSSR count). The zero-order valence-electron chi connectivity index (χ0n) is 18.2. The minimum Gasteiger partial charge on any atom is -0.315 e. The number of nitrogens with zero attached hydrogens (tertiary/aromatic N) is 2. The van der Waals surface area contributed by atoms with E-state index in [9.17, 15) is 9.59 Å². The Bertz CT molecular complexity index is 1430. The summed E-state index contributed by atoms with van der Waals surface area (Å²) < 4.78 is 1.78. The third-order valence-corrected chi connectivity index (χ3v) is 6.23. The maximum Gasteiger partial charge on any atom is 0.251 e. The van der Waals surface area contributed by atoms with Crippen LogP contribution in [-0.4, -0.2) is 17.5 Å². The van der Waals surface area contributed by atoms with Gasteiger partial charge in [0.1, 0.15) is 0 Å². The summed E-state index contributed by atoms with van der Waals surface area (Å²) >= 11 is 0. The van der Waals surface area contributed by atoms with Crippen molar-refractivity contribution in [3.63, 3.8) is 0 Å². The van der Waals surface area contributed by atoms with E-state index >= 15 is 0 Å². The summed E-state index contributed by atoms with van der Waals surface area (Å²) in [5.74, 6) is 0.0422. The van der Waals surface area contributed by atoms with E-state index in [1.807, 2.05) is 68.6 Å². The fourth-order valence-electron chi connectivity index (χ4n) is 4.61. The summed E-state index contributed by atoms with van der Waals surface area (Å²) in [6.45, 7) is 2.56. The first-order valence-corrected chi connectivity index (χ1v) is 10.9. The molecule has 0 unspecified atom stereocenters. The number of aromatic nitrogens is 1. The minimum absolute atomic E-state index is 0.0239. The number of fused-ring (bicyclic) bond motifs is 4. The highest BCUT2D eigenvalue weighted by molar-refractivity contribution is 6.11. The van der Waals surface area contributed by atoms with Crippen LogP contribution in [0.1, 0.15) is 29.2 Å². The Labute approximate surface area is 187 Å². The second-order valence-electron chi connectivity index (χ2n) is 8.06. The number of amides is 1. The molecule has 0 radical (unpaired) electrons. The van der Waals surface area contributed by atoms with Crippen LogP contribution in [0.4, 0.5) is 5.69 Å². The van der Waals surface area contributed by atoms with Gasteiger partial charge in [0, 0.05) is 30.6 Å². The van der Waals surface area contributed by atoms with Crippen LogP contribution in [-0.2, 0) is 17.8 Å². The number of anilines is 1. The van der Waals surface area contributed by atoms with Crippen molar-refractivity contribution in [1.82, 2.24) is 4.57 Å². The van der Waals surface area contributed by atoms with Crippen LogP contribution in [0.15, 0.2) is 83.7 Å². The largest absolute Gasteiger partial charge is 0.315 e. The number of pyridine rings is 1. The molecule has 158 valence electrons. The molecule has 32 heavy (non-hydrogen) atoms. The number of aryl methyl sites for hydroxylation is 1. The Morgan fingerprint density at radius 3 is 2.41 bits per heavy atom. The molecule has 1 aliphatic heterocycles. The average Bonchev–Trinajstić information content (AvgIpc) is 2.82. The molecule has 1 aromatic heterocycles. The van der Waals surface area contributed by atoms with E-state index < -0.39 is 0 Å². The number of rotatable bonds is 2. The maximum absolute atomic E-state index is 13.1. The van der Waals surface area contributed by atoms with Crippen LogP contribution in [0.5, 0.6) is 0 Å². The van der Waals surface area contributed by atoms with Crippen molar-refractivity contribution in [2.45, 2.75) is 19.9 Å². The van der Waals surface area contributed by atoms with Gasteiger partial charge in [-0.2, -0.15) is 0 Å². The molecule has 0 N–H and O–H groups in total. The standard InChI is InChI=1S/C28H24N2O2/c1-3-30-24-14-15-25-28(22(24)13-16-26(30)31)23(17-19-9-5-4-6-10-19)21-12-8-7-11-20(21)18-27(32)29(25)2/h4-17H,3,18H2,1-2H3/b23-17+. The molecule has 0 spiro atoms. The second kappa shape index (κ2) is 7.97. The molecule has 4 heteroatoms. The normalized spacial score (nSPS) is 14.8. The van der Waals surface area contributed by atoms with Gasteiger partial charge < -0.3 is 9.47 Å². The van der Waals surface area contributed by atoms with Crippen LogP contribution >= 0.6 is 0 Å². The van der Waals surface area contributed by atoms with E-state index in [0.29, 0.717) is 13.0 Å². The zero-order chi connectivity index (χ0) is 22.2. The van der Waals surface area contributed by atoms with Gasteiger partial charge >= 0.3 is 0 Å². The molecule has 1 aliphatic rings. The van der Waals surface area contributed by atoms with Gasteiger partial charge in [-0.05, 0) is 53.5 Å². The fraction of sp³-hybridized carbons (Fsp3) is 0.143. The van der Waals surface area contributed by atoms with Gasteiger partial charge in [0.05, 0.1) is 17.6 Å². The number of likely N-dealkylation sites (N-methyl/N-ethyl adjacent to an activating group) is 1. The van der Waals surface area contributed by atoms with Crippen molar-refractivity contribution in [3.8, 4) is 0 Å². The van der Waals surface area contributed by atoms with Gasteiger partial charge in [-0.15, -0.1) is 0 Å². The van der Waals surface area contributed by atoms with Gasteiger partial charge in [-0.25, -0.2) is 0 Å². The Kier molecular flexibility index (Phi) is 4.98. The molecule has 2 heterocycles. The number of carbonyl (C=O) groups is 1. The van der Waals surface area contributed by atoms with Gasteiger partial charge in [0.2, 0.25) is 5.91 Å². The number of benzene rings is 3. The average molecular weight is 421 g/mol. The van der Waals surface area contributed by atoms with Crippen molar-refractivity contribution in [2.24, 2.45) is 0 Å². The Morgan fingerprint density at radius 1 is 0.875 bits per heavy atom. The first kappa shape index (κ1) is 20.0. The Balaban J connectivity index is 1.95. The molecule has 0 saturated heterocycles. The van der Waals surface area contributed by atoms with Crippen LogP contribution in [0.3, 0.4) is 0 Å². The molecule has 4 nitrogen and oxygen atoms in total. The summed E-state index contributed by atoms with van der Waals surface area (Å²) in [5, 5.41) is 0.961. The summed E-state index contributed by atoms with van der Waals surface area (Å²) in [4.78, 5) is 27.4. The topological polar surface area (TPSA) is 42.3 Å². The second-order valence-corrected chi connectivity index (χ2v) is 8.06. The molecule has 1 amide bonds. The number of hydrogen-bond acceptors (Lipinski definition) is 2. The van der Waals surface area contributed by atoms with Crippen LogP contribution in [0.2, 0.25) is 0 Å². The van der Waals surface area contributed by atoms with E-state index in [2.05, 4.69) is 24.3 Å². The molecule has 0 saturated carbocycles. The van der Waals surface area contributed by atoms with E-state index in [1.165, 1.54) is 0 Å². The van der Waals surface area contributed by atoms with Gasteiger partial charge in [0.25, 0.3) is 5.56 Å². The lowest BCUT2D eigenvalue weighted by Crippen LogP contribution is -2.30. The molecule has 0 atom stereocenters. The zero-order valence-corrected chi connectivity index (χ0v) is 18.2. The van der Waals surface area contributed by atoms with Crippen molar-refractivity contribution < 1.29 is 4.79 Å². The van der Waals surface area contributed by atoms with E-state index in [-0.39, 0.29) is 11.5 Å². The lowest BCUT2D eigenvalue weighted by Gasteiger charge is -2.28. The predicted molar refractivity (Wildman–Crippen MR) is 131 cm³/mol. The number of carbonyl (C=O) groups excluding carboxylic acids is 1. The Hall–Kier alpha value is -3.92. The van der Waals surface area contributed by atoms with Crippen molar-refractivity contribution in [3.05, 3.63) is 111 Å². The smallest absolute Gasteiger partial charge is 0.251 e. The van der Waals surface area contributed by atoms with Crippen molar-refractivity contribution in [2.75, 3.05) is 11.9 Å². The molecular formula is C28H24N2O2. The van der Waals surface area contributed by atoms with Crippen molar-refractivity contribution >= 4 is 34.1 Å². The lowest BCUT2D eigenvalue weighted by atomic mass is 9.86. The monoisotopic (exact) mass is 420 g/mol. The van der Waals surface area contributed by atoms with Crippen LogP contribution < -0.4 is 10.5 Å². The highest BCUT2D eigenvalue weighted by Crippen LogP contribution is 2.41. The van der Waals surface area contributed by atoms with E-state index in [4.69, 9.17) is 0 Å². The molecule has 4 aromatic rings. The first-order chi connectivity index (χ1) is 15.6. The minimum atomic E-state index is -0.0239. The quantitative estimate of drug-likeness (QED) is 0.451. The van der Waals surface area contributed by atoms with Crippen molar-refractivity contribution in [1.29, 1.82) is 0 Å². The molecule has 0 aliphatic carbocycles. The SMILES string of the molecule is CCn1c(=O)ccc2c3c(ccc21)N(C)C(=O)Cc1ccccc1/C3=C\c1ccccc1. The first-order valence-electron chi connectivity index (χ1n) is 10.9. The maximum atomic E-state index is 13.1. The highest BCUT2D eigenvalue weighted by atomic mass is 16.2. The molecule has 0 fully saturated rings. The molecule has 0 bridgehead atoms. The van der Waals surface area contributed by atoms with Gasteiger partial charge in [0.15, 0.2) is 0 Å². The molecular weight excluding hydrogens is 396 g/mol. The highest BCUT2D eigenvalue weighted by Gasteiger charge is 2.26. The third kappa shape index (κ3) is 3.25. The summed E-state index contributed by atoms with van der Waals surface area (Å²) in [5.41, 5.74) is 6.84.